The number of fused-ring (bicyclic) bond motifs is 1. The van der Waals surface area contributed by atoms with Crippen LogP contribution in [0.5, 0.6) is 11.5 Å². The number of hydrazone groups is 1. The van der Waals surface area contributed by atoms with Crippen LogP contribution in [-0.2, 0) is 10.1 Å². The van der Waals surface area contributed by atoms with Crippen LogP contribution in [0.2, 0.25) is 0 Å². The number of carbonyl (C=O) groups excluding carboxylic acids is 1. The Morgan fingerprint density at radius 1 is 0.971 bits per heavy atom. The summed E-state index contributed by atoms with van der Waals surface area (Å²) >= 11 is 1.96. The molecule has 0 aromatic heterocycles. The van der Waals surface area contributed by atoms with Crippen LogP contribution in [0.4, 0.5) is 0 Å². The van der Waals surface area contributed by atoms with Crippen molar-refractivity contribution in [1.82, 2.24) is 5.43 Å². The van der Waals surface area contributed by atoms with E-state index < -0.39 is 10.1 Å². The average molecular weight is 600 g/mol. The van der Waals surface area contributed by atoms with Gasteiger partial charge in [-0.3, -0.25) is 4.79 Å². The highest BCUT2D eigenvalue weighted by Crippen LogP contribution is 2.35. The van der Waals surface area contributed by atoms with Crippen LogP contribution in [-0.4, -0.2) is 27.6 Å². The number of aryl methyl sites for hydroxylation is 1. The van der Waals surface area contributed by atoms with Gasteiger partial charge in [-0.2, -0.15) is 13.5 Å². The van der Waals surface area contributed by atoms with Gasteiger partial charge in [0.05, 0.1) is 16.9 Å². The third-order valence-electron chi connectivity index (χ3n) is 5.15. The summed E-state index contributed by atoms with van der Waals surface area (Å²) in [5.41, 5.74) is 4.52. The van der Waals surface area contributed by atoms with E-state index in [4.69, 9.17) is 8.92 Å². The molecule has 4 aromatic rings. The van der Waals surface area contributed by atoms with Gasteiger partial charge in [0.15, 0.2) is 11.5 Å². The first kappa shape index (κ1) is 24.7. The highest BCUT2D eigenvalue weighted by molar-refractivity contribution is 14.1. The molecule has 0 aliphatic carbocycles. The smallest absolute Gasteiger partial charge is 0.339 e. The zero-order chi connectivity index (χ0) is 25.0. The minimum Gasteiger partial charge on any atom is -0.493 e. The normalized spacial score (nSPS) is 11.5. The van der Waals surface area contributed by atoms with Crippen molar-refractivity contribution >= 4 is 55.6 Å². The van der Waals surface area contributed by atoms with Crippen molar-refractivity contribution in [2.45, 2.75) is 11.8 Å². The van der Waals surface area contributed by atoms with Crippen molar-refractivity contribution in [3.8, 4) is 11.5 Å². The van der Waals surface area contributed by atoms with Crippen LogP contribution in [0.15, 0.2) is 88.9 Å². The van der Waals surface area contributed by atoms with Gasteiger partial charge < -0.3 is 8.92 Å². The standard InChI is InChI=1S/C26H21IN2O5S/c1-17-7-11-22(12-8-17)35(31,32)34-25-23(27)13-18(14-24(25)33-2)16-28-29-26(30)21-10-9-19-5-3-4-6-20(19)15-21/h3-16H,1-2H3,(H,29,30)/b28-16-. The Morgan fingerprint density at radius 2 is 1.69 bits per heavy atom. The Labute approximate surface area is 217 Å². The van der Waals surface area contributed by atoms with Crippen molar-refractivity contribution in [2.24, 2.45) is 5.10 Å². The highest BCUT2D eigenvalue weighted by atomic mass is 127. The third-order valence-corrected chi connectivity index (χ3v) is 7.18. The molecule has 0 saturated heterocycles. The van der Waals surface area contributed by atoms with E-state index in [-0.39, 0.29) is 22.3 Å². The fourth-order valence-electron chi connectivity index (χ4n) is 3.32. The maximum atomic E-state index is 12.7. The number of nitrogens with one attached hydrogen (secondary N) is 1. The monoisotopic (exact) mass is 600 g/mol. The predicted molar refractivity (Wildman–Crippen MR) is 144 cm³/mol. The zero-order valence-electron chi connectivity index (χ0n) is 18.9. The molecule has 0 aliphatic heterocycles. The van der Waals surface area contributed by atoms with Gasteiger partial charge >= 0.3 is 10.1 Å². The number of ether oxygens (including phenoxy) is 1. The molecular formula is C26H21IN2O5S. The van der Waals surface area contributed by atoms with Crippen LogP contribution < -0.4 is 14.3 Å². The first-order valence-electron chi connectivity index (χ1n) is 10.5. The second-order valence-corrected chi connectivity index (χ2v) is 10.4. The van der Waals surface area contributed by atoms with Gasteiger partial charge in [-0.15, -0.1) is 0 Å². The van der Waals surface area contributed by atoms with Crippen LogP contribution >= 0.6 is 22.6 Å². The SMILES string of the molecule is COc1cc(/C=N\NC(=O)c2ccc3ccccc3c2)cc(I)c1OS(=O)(=O)c1ccc(C)cc1. The number of halogens is 1. The maximum absolute atomic E-state index is 12.7. The molecular weight excluding hydrogens is 579 g/mol. The number of carbonyl (C=O) groups is 1. The number of methoxy groups -OCH3 is 1. The van der Waals surface area contributed by atoms with Gasteiger partial charge in [0.1, 0.15) is 4.90 Å². The Kier molecular flexibility index (Phi) is 7.37. The lowest BCUT2D eigenvalue weighted by atomic mass is 10.1. The molecule has 0 fully saturated rings. The molecule has 4 rings (SSSR count). The van der Waals surface area contributed by atoms with Crippen LogP contribution in [0, 0.1) is 10.5 Å². The first-order chi connectivity index (χ1) is 16.8. The average Bonchev–Trinajstić information content (AvgIpc) is 2.85. The summed E-state index contributed by atoms with van der Waals surface area (Å²) in [4.78, 5) is 12.5. The summed E-state index contributed by atoms with van der Waals surface area (Å²) < 4.78 is 36.7. The summed E-state index contributed by atoms with van der Waals surface area (Å²) in [7, 11) is -2.63. The van der Waals surface area contributed by atoms with Crippen molar-refractivity contribution < 1.29 is 22.1 Å². The lowest BCUT2D eigenvalue weighted by Crippen LogP contribution is -2.17. The fraction of sp³-hybridized carbons (Fsp3) is 0.0769. The number of hydrogen-bond acceptors (Lipinski definition) is 6. The molecule has 1 amide bonds. The Bertz CT molecular complexity index is 1530. The fourth-order valence-corrected chi connectivity index (χ4v) is 5.16. The Balaban J connectivity index is 1.51. The first-order valence-corrected chi connectivity index (χ1v) is 13.0. The molecule has 9 heteroatoms. The van der Waals surface area contributed by atoms with E-state index >= 15 is 0 Å². The molecule has 0 atom stereocenters. The quantitative estimate of drug-likeness (QED) is 0.135. The summed E-state index contributed by atoms with van der Waals surface area (Å²) in [6.07, 6.45) is 1.45. The van der Waals surface area contributed by atoms with E-state index in [0.29, 0.717) is 14.7 Å². The number of rotatable bonds is 7. The number of hydrogen-bond donors (Lipinski definition) is 1. The molecule has 0 radical (unpaired) electrons. The van der Waals surface area contributed by atoms with Gasteiger partial charge in [0.2, 0.25) is 0 Å². The lowest BCUT2D eigenvalue weighted by molar-refractivity contribution is 0.0955. The van der Waals surface area contributed by atoms with Crippen LogP contribution in [0.1, 0.15) is 21.5 Å². The molecule has 4 aromatic carbocycles. The molecule has 0 aliphatic rings. The maximum Gasteiger partial charge on any atom is 0.339 e. The number of nitrogens with zero attached hydrogens (tertiary/aromatic N) is 1. The summed E-state index contributed by atoms with van der Waals surface area (Å²) in [5.74, 6) is -0.0567. The summed E-state index contributed by atoms with van der Waals surface area (Å²) in [6, 6.07) is 22.8. The Morgan fingerprint density at radius 3 is 2.40 bits per heavy atom. The molecule has 35 heavy (non-hydrogen) atoms. The Hall–Kier alpha value is -3.44. The van der Waals surface area contributed by atoms with Gasteiger partial charge in [-0.05, 0) is 82.2 Å². The van der Waals surface area contributed by atoms with E-state index in [1.165, 1.54) is 25.5 Å². The topological polar surface area (TPSA) is 94.1 Å². The molecule has 0 heterocycles. The van der Waals surface area contributed by atoms with E-state index in [0.717, 1.165) is 16.3 Å². The van der Waals surface area contributed by atoms with Crippen molar-refractivity contribution in [3.05, 3.63) is 99.1 Å². The second kappa shape index (κ2) is 10.4. The number of benzene rings is 4. The predicted octanol–water partition coefficient (Wildman–Crippen LogP) is 5.29. The van der Waals surface area contributed by atoms with E-state index in [1.807, 2.05) is 59.8 Å². The van der Waals surface area contributed by atoms with Crippen LogP contribution in [0.25, 0.3) is 10.8 Å². The molecule has 178 valence electrons. The molecule has 7 nitrogen and oxygen atoms in total. The van der Waals surface area contributed by atoms with Gasteiger partial charge in [0, 0.05) is 5.56 Å². The van der Waals surface area contributed by atoms with E-state index in [2.05, 4.69) is 10.5 Å². The van der Waals surface area contributed by atoms with Crippen molar-refractivity contribution in [2.75, 3.05) is 7.11 Å². The summed E-state index contributed by atoms with van der Waals surface area (Å²) in [6.45, 7) is 1.87. The molecule has 0 saturated carbocycles. The minimum absolute atomic E-state index is 0.0444. The second-order valence-electron chi connectivity index (χ2n) is 7.65. The third kappa shape index (κ3) is 5.80. The van der Waals surface area contributed by atoms with E-state index in [9.17, 15) is 13.2 Å². The zero-order valence-corrected chi connectivity index (χ0v) is 21.8. The van der Waals surface area contributed by atoms with Crippen LogP contribution in [0.3, 0.4) is 0 Å². The number of amides is 1. The lowest BCUT2D eigenvalue weighted by Gasteiger charge is -2.13. The van der Waals surface area contributed by atoms with Gasteiger partial charge in [-0.25, -0.2) is 5.43 Å². The van der Waals surface area contributed by atoms with Gasteiger partial charge in [-0.1, -0.05) is 48.0 Å². The molecule has 1 N–H and O–H groups in total. The summed E-state index contributed by atoms with van der Waals surface area (Å²) in [5, 5.41) is 6.03. The largest absolute Gasteiger partial charge is 0.493 e. The van der Waals surface area contributed by atoms with Crippen molar-refractivity contribution in [1.29, 1.82) is 0 Å². The van der Waals surface area contributed by atoms with Crippen molar-refractivity contribution in [3.63, 3.8) is 0 Å². The molecule has 0 spiro atoms. The van der Waals surface area contributed by atoms with E-state index in [1.54, 1.807) is 36.4 Å². The van der Waals surface area contributed by atoms with Gasteiger partial charge in [0.25, 0.3) is 5.91 Å². The molecule has 0 unspecified atom stereocenters. The molecule has 0 bridgehead atoms. The highest BCUT2D eigenvalue weighted by Gasteiger charge is 2.22. The minimum atomic E-state index is -4.05.